The zero-order valence-corrected chi connectivity index (χ0v) is 19.3. The van der Waals surface area contributed by atoms with Gasteiger partial charge in [0.25, 0.3) is 11.8 Å². The minimum atomic E-state index is -0.946. The molecule has 0 saturated carbocycles. The Morgan fingerprint density at radius 3 is 2.35 bits per heavy atom. The molecule has 178 valence electrons. The third-order valence-corrected chi connectivity index (χ3v) is 7.29. The number of likely N-dealkylation sites (tertiary alicyclic amines) is 2. The van der Waals surface area contributed by atoms with Gasteiger partial charge in [-0.15, -0.1) is 0 Å². The Balaban J connectivity index is 1.57. The number of carbonyl (C=O) groups excluding carboxylic acids is 3. The molecule has 5 rings (SSSR count). The zero-order valence-electron chi connectivity index (χ0n) is 19.3. The maximum absolute atomic E-state index is 14.3. The topological polar surface area (TPSA) is 60.9 Å². The lowest BCUT2D eigenvalue weighted by atomic mass is 9.67. The molecule has 0 radical (unpaired) electrons. The van der Waals surface area contributed by atoms with Crippen LogP contribution in [0.2, 0.25) is 0 Å². The predicted octanol–water partition coefficient (Wildman–Crippen LogP) is 3.43. The molecule has 1 atom stereocenters. The van der Waals surface area contributed by atoms with E-state index in [2.05, 4.69) is 0 Å². The summed E-state index contributed by atoms with van der Waals surface area (Å²) in [7, 11) is 0. The van der Waals surface area contributed by atoms with E-state index in [-0.39, 0.29) is 36.5 Å². The van der Waals surface area contributed by atoms with E-state index in [1.54, 1.807) is 17.0 Å². The highest BCUT2D eigenvalue weighted by Gasteiger charge is 2.63. The number of benzene rings is 2. The van der Waals surface area contributed by atoms with Gasteiger partial charge in [-0.05, 0) is 56.5 Å². The first-order valence-corrected chi connectivity index (χ1v) is 11.7. The average molecular weight is 468 g/mol. The number of amides is 3. The van der Waals surface area contributed by atoms with E-state index in [9.17, 15) is 23.2 Å². The number of halogens is 2. The Kier molecular flexibility index (Phi) is 5.41. The molecule has 3 heterocycles. The molecule has 3 amide bonds. The van der Waals surface area contributed by atoms with Gasteiger partial charge in [-0.1, -0.05) is 18.2 Å². The second-order valence-electron chi connectivity index (χ2n) is 9.71. The molecule has 3 aliphatic heterocycles. The van der Waals surface area contributed by atoms with Crippen LogP contribution in [0, 0.1) is 11.6 Å². The van der Waals surface area contributed by atoms with Crippen LogP contribution in [0.3, 0.4) is 0 Å². The molecule has 0 bridgehead atoms. The Morgan fingerprint density at radius 1 is 1.00 bits per heavy atom. The first-order valence-electron chi connectivity index (χ1n) is 11.7. The van der Waals surface area contributed by atoms with Crippen LogP contribution in [0.5, 0.6) is 0 Å². The van der Waals surface area contributed by atoms with Crippen molar-refractivity contribution in [1.29, 1.82) is 0 Å². The fourth-order valence-electron chi connectivity index (χ4n) is 5.86. The Hall–Kier alpha value is -3.29. The van der Waals surface area contributed by atoms with Gasteiger partial charge in [0.05, 0.1) is 17.0 Å². The van der Waals surface area contributed by atoms with Crippen LogP contribution in [0.15, 0.2) is 42.5 Å². The van der Waals surface area contributed by atoms with E-state index < -0.39 is 29.0 Å². The number of rotatable bonds is 3. The summed E-state index contributed by atoms with van der Waals surface area (Å²) in [5.41, 5.74) is -0.125. The highest BCUT2D eigenvalue weighted by Crippen LogP contribution is 2.48. The van der Waals surface area contributed by atoms with Crippen molar-refractivity contribution in [3.63, 3.8) is 0 Å². The van der Waals surface area contributed by atoms with Crippen molar-refractivity contribution >= 4 is 17.7 Å². The molecule has 0 aliphatic carbocycles. The summed E-state index contributed by atoms with van der Waals surface area (Å²) in [6, 6.07) is 9.72. The smallest absolute Gasteiger partial charge is 0.257 e. The van der Waals surface area contributed by atoms with E-state index >= 15 is 0 Å². The second-order valence-corrected chi connectivity index (χ2v) is 9.71. The van der Waals surface area contributed by atoms with Crippen LogP contribution in [-0.2, 0) is 4.79 Å². The highest BCUT2D eigenvalue weighted by molar-refractivity contribution is 6.03. The third kappa shape index (κ3) is 3.30. The van der Waals surface area contributed by atoms with Gasteiger partial charge in [0.1, 0.15) is 11.6 Å². The van der Waals surface area contributed by atoms with Crippen LogP contribution in [-0.4, -0.2) is 70.2 Å². The molecule has 2 aromatic carbocycles. The molecule has 1 unspecified atom stereocenters. The number of fused-ring (bicyclic) bond motifs is 1. The lowest BCUT2D eigenvalue weighted by Crippen LogP contribution is -2.78. The van der Waals surface area contributed by atoms with E-state index in [4.69, 9.17) is 0 Å². The van der Waals surface area contributed by atoms with Gasteiger partial charge in [-0.25, -0.2) is 8.78 Å². The van der Waals surface area contributed by atoms with Crippen molar-refractivity contribution in [3.8, 4) is 0 Å². The molecule has 8 heteroatoms. The van der Waals surface area contributed by atoms with Crippen molar-refractivity contribution in [3.05, 3.63) is 70.8 Å². The standard InChI is InChI=1S/C26H27F2N3O3/c1-16(2)31-24(33)19-8-4-3-7-18(19)22(25(34)29-11-5-6-12-29)26(31)14-30(15-26)23(32)20-13-17(27)9-10-21(20)28/h3-4,7-10,13,16,22H,5-6,11-12,14-15H2,1-2H3. The minimum absolute atomic E-state index is 0.0489. The molecule has 3 aliphatic rings. The molecular formula is C26H27F2N3O3. The molecule has 0 aromatic heterocycles. The molecule has 2 saturated heterocycles. The minimum Gasteiger partial charge on any atom is -0.342 e. The van der Waals surface area contributed by atoms with E-state index in [0.717, 1.165) is 31.0 Å². The Morgan fingerprint density at radius 2 is 1.68 bits per heavy atom. The third-order valence-electron chi connectivity index (χ3n) is 7.29. The number of nitrogens with zero attached hydrogens (tertiary/aromatic N) is 3. The molecule has 2 fully saturated rings. The summed E-state index contributed by atoms with van der Waals surface area (Å²) in [5.74, 6) is -3.02. The van der Waals surface area contributed by atoms with Crippen molar-refractivity contribution in [1.82, 2.24) is 14.7 Å². The molecule has 1 spiro atoms. The van der Waals surface area contributed by atoms with E-state index in [1.807, 2.05) is 30.9 Å². The van der Waals surface area contributed by atoms with Gasteiger partial charge >= 0.3 is 0 Å². The van der Waals surface area contributed by atoms with E-state index in [1.165, 1.54) is 4.90 Å². The Labute approximate surface area is 197 Å². The van der Waals surface area contributed by atoms with E-state index in [0.29, 0.717) is 24.2 Å². The van der Waals surface area contributed by atoms with Gasteiger partial charge < -0.3 is 14.7 Å². The quantitative estimate of drug-likeness (QED) is 0.695. The molecule has 2 aromatic rings. The summed E-state index contributed by atoms with van der Waals surface area (Å²) in [5, 5.41) is 0. The fourth-order valence-corrected chi connectivity index (χ4v) is 5.86. The van der Waals surface area contributed by atoms with Gasteiger partial charge in [0.15, 0.2) is 0 Å². The van der Waals surface area contributed by atoms with Crippen molar-refractivity contribution in [2.45, 2.75) is 44.2 Å². The number of hydrogen-bond acceptors (Lipinski definition) is 3. The Bertz CT molecular complexity index is 1170. The fraction of sp³-hybridized carbons (Fsp3) is 0.423. The molecule has 0 N–H and O–H groups in total. The normalized spacial score (nSPS) is 21.1. The second kappa shape index (κ2) is 8.18. The van der Waals surface area contributed by atoms with Crippen LogP contribution >= 0.6 is 0 Å². The first-order chi connectivity index (χ1) is 16.2. The monoisotopic (exact) mass is 467 g/mol. The summed E-state index contributed by atoms with van der Waals surface area (Å²) < 4.78 is 28.0. The summed E-state index contributed by atoms with van der Waals surface area (Å²) >= 11 is 0. The maximum Gasteiger partial charge on any atom is 0.257 e. The highest BCUT2D eigenvalue weighted by atomic mass is 19.1. The van der Waals surface area contributed by atoms with Crippen molar-refractivity contribution < 1.29 is 23.2 Å². The summed E-state index contributed by atoms with van der Waals surface area (Å²) in [6.07, 6.45) is 1.87. The van der Waals surface area contributed by atoms with Crippen LogP contribution in [0.4, 0.5) is 8.78 Å². The van der Waals surface area contributed by atoms with Gasteiger partial charge in [-0.3, -0.25) is 14.4 Å². The molecule has 34 heavy (non-hydrogen) atoms. The van der Waals surface area contributed by atoms with Gasteiger partial charge in [0, 0.05) is 37.8 Å². The SMILES string of the molecule is CC(C)N1C(=O)c2ccccc2C(C(=O)N2CCCC2)C12CN(C(=O)c1cc(F)ccc1F)C2. The number of carbonyl (C=O) groups is 3. The lowest BCUT2D eigenvalue weighted by molar-refractivity contribution is -0.141. The van der Waals surface area contributed by atoms with Crippen LogP contribution < -0.4 is 0 Å². The first kappa shape index (κ1) is 22.5. The summed E-state index contributed by atoms with van der Waals surface area (Å²) in [4.78, 5) is 45.5. The summed E-state index contributed by atoms with van der Waals surface area (Å²) in [6.45, 7) is 5.26. The number of hydrogen-bond donors (Lipinski definition) is 0. The van der Waals surface area contributed by atoms with Crippen molar-refractivity contribution in [2.75, 3.05) is 26.2 Å². The zero-order chi connectivity index (χ0) is 24.2. The van der Waals surface area contributed by atoms with Crippen LogP contribution in [0.1, 0.15) is 58.9 Å². The average Bonchev–Trinajstić information content (AvgIpc) is 3.33. The van der Waals surface area contributed by atoms with Crippen molar-refractivity contribution in [2.24, 2.45) is 0 Å². The molecule has 6 nitrogen and oxygen atoms in total. The molecular weight excluding hydrogens is 440 g/mol. The van der Waals surface area contributed by atoms with Gasteiger partial charge in [0.2, 0.25) is 5.91 Å². The lowest BCUT2D eigenvalue weighted by Gasteiger charge is -2.62. The van der Waals surface area contributed by atoms with Gasteiger partial charge in [-0.2, -0.15) is 0 Å². The van der Waals surface area contributed by atoms with Crippen LogP contribution in [0.25, 0.3) is 0 Å². The maximum atomic E-state index is 14.3. The predicted molar refractivity (Wildman–Crippen MR) is 121 cm³/mol. The largest absolute Gasteiger partial charge is 0.342 e.